The molecule has 1 aromatic heterocycles. The first-order valence-corrected chi connectivity index (χ1v) is 13.2. The van der Waals surface area contributed by atoms with E-state index in [0.29, 0.717) is 0 Å². The summed E-state index contributed by atoms with van der Waals surface area (Å²) >= 11 is 0. The molecule has 6 rings (SSSR count). The summed E-state index contributed by atoms with van der Waals surface area (Å²) in [4.78, 5) is 11.5. The average Bonchev–Trinajstić information content (AvgIpc) is 2.99. The Hall–Kier alpha value is -4.74. The number of nitrogen functional groups attached to an aromatic ring is 1. The fraction of sp³-hybridized carbons (Fsp3) is 0.118. The Bertz CT molecular complexity index is 1660. The van der Waals surface area contributed by atoms with Gasteiger partial charge in [-0.15, -0.1) is 0 Å². The number of fused-ring (bicyclic) bond motifs is 1. The maximum Gasteiger partial charge on any atom is 0.146 e. The highest BCUT2D eigenvalue weighted by atomic mass is 15.2. The molecule has 2 unspecified atom stereocenters. The molecule has 5 aromatic rings. The van der Waals surface area contributed by atoms with Gasteiger partial charge in [-0.05, 0) is 58.0 Å². The van der Waals surface area contributed by atoms with Crippen molar-refractivity contribution < 1.29 is 0 Å². The van der Waals surface area contributed by atoms with Crippen molar-refractivity contribution in [1.82, 2.24) is 9.88 Å². The lowest BCUT2D eigenvalue weighted by Crippen LogP contribution is -2.24. The second-order valence-corrected chi connectivity index (χ2v) is 9.99. The number of hydrogen-bond donors (Lipinski definition) is 2. The van der Waals surface area contributed by atoms with Gasteiger partial charge in [-0.25, -0.2) is 0 Å². The van der Waals surface area contributed by atoms with Crippen molar-refractivity contribution in [1.29, 1.82) is 0 Å². The van der Waals surface area contributed by atoms with E-state index < -0.39 is 0 Å². The second-order valence-electron chi connectivity index (χ2n) is 9.99. The molecular weight excluding hydrogens is 478 g/mol. The zero-order chi connectivity index (χ0) is 26.8. The number of rotatable bonds is 6. The molecule has 5 nitrogen and oxygen atoms in total. The van der Waals surface area contributed by atoms with Gasteiger partial charge in [0.05, 0.1) is 5.69 Å². The number of anilines is 1. The monoisotopic (exact) mass is 509 g/mol. The Morgan fingerprint density at radius 2 is 1.62 bits per heavy atom. The van der Waals surface area contributed by atoms with E-state index in [-0.39, 0.29) is 18.1 Å². The Labute approximate surface area is 229 Å². The van der Waals surface area contributed by atoms with Gasteiger partial charge in [-0.2, -0.15) is 0 Å². The van der Waals surface area contributed by atoms with E-state index in [1.165, 1.54) is 0 Å². The summed E-state index contributed by atoms with van der Waals surface area (Å²) in [6, 6.07) is 35.0. The highest BCUT2D eigenvalue weighted by molar-refractivity contribution is 5.94. The van der Waals surface area contributed by atoms with Crippen LogP contribution in [0.3, 0.4) is 0 Å². The maximum atomic E-state index is 7.25. The summed E-state index contributed by atoms with van der Waals surface area (Å²) < 4.78 is 0. The minimum Gasteiger partial charge on any atom is -0.398 e. The van der Waals surface area contributed by atoms with Crippen molar-refractivity contribution >= 4 is 22.7 Å². The first kappa shape index (κ1) is 24.6. The van der Waals surface area contributed by atoms with Crippen LogP contribution in [0.4, 0.5) is 5.69 Å². The molecule has 0 radical (unpaired) electrons. The largest absolute Gasteiger partial charge is 0.398 e. The van der Waals surface area contributed by atoms with E-state index in [9.17, 15) is 0 Å². The molecule has 0 amide bonds. The molecule has 1 aliphatic rings. The van der Waals surface area contributed by atoms with Gasteiger partial charge < -0.3 is 16.4 Å². The molecule has 39 heavy (non-hydrogen) atoms. The van der Waals surface area contributed by atoms with E-state index in [2.05, 4.69) is 76.6 Å². The molecular formula is C34H31N5. The second kappa shape index (κ2) is 10.6. The van der Waals surface area contributed by atoms with Crippen LogP contribution in [0.1, 0.15) is 40.4 Å². The van der Waals surface area contributed by atoms with Crippen LogP contribution >= 0.6 is 0 Å². The molecule has 0 spiro atoms. The molecule has 2 heterocycles. The summed E-state index contributed by atoms with van der Waals surface area (Å²) in [7, 11) is 2.03. The van der Waals surface area contributed by atoms with E-state index >= 15 is 0 Å². The molecule has 0 bridgehead atoms. The number of allylic oxidation sites excluding steroid dienone is 1. The van der Waals surface area contributed by atoms with Gasteiger partial charge in [-0.3, -0.25) is 9.98 Å². The van der Waals surface area contributed by atoms with E-state index in [1.54, 1.807) is 0 Å². The lowest BCUT2D eigenvalue weighted by atomic mass is 9.80. The molecule has 0 saturated heterocycles. The third kappa shape index (κ3) is 4.80. The van der Waals surface area contributed by atoms with Crippen LogP contribution in [0.5, 0.6) is 0 Å². The van der Waals surface area contributed by atoms with Crippen molar-refractivity contribution in [2.75, 3.05) is 12.8 Å². The molecule has 4 aromatic carbocycles. The number of aliphatic imine (C=N–C) groups is 1. The zero-order valence-corrected chi connectivity index (χ0v) is 21.9. The summed E-state index contributed by atoms with van der Waals surface area (Å²) in [6.07, 6.45) is 7.50. The van der Waals surface area contributed by atoms with Crippen LogP contribution in [0, 0.1) is 0 Å². The summed E-state index contributed by atoms with van der Waals surface area (Å²) in [5.74, 6) is -0.157. The lowest BCUT2D eigenvalue weighted by molar-refractivity contribution is 0.345. The number of pyridine rings is 1. The highest BCUT2D eigenvalue weighted by Gasteiger charge is 2.28. The molecule has 0 fully saturated rings. The minimum absolute atomic E-state index is 0.148. The van der Waals surface area contributed by atoms with Crippen molar-refractivity contribution in [3.05, 3.63) is 144 Å². The van der Waals surface area contributed by atoms with Crippen molar-refractivity contribution in [2.24, 2.45) is 10.7 Å². The Kier molecular flexibility index (Phi) is 6.66. The van der Waals surface area contributed by atoms with Crippen LogP contribution < -0.4 is 11.5 Å². The van der Waals surface area contributed by atoms with Crippen LogP contribution in [0.2, 0.25) is 0 Å². The first-order chi connectivity index (χ1) is 19.1. The topological polar surface area (TPSA) is 80.5 Å². The molecule has 4 N–H and O–H groups in total. The number of benzene rings is 4. The third-order valence-electron chi connectivity index (χ3n) is 7.50. The van der Waals surface area contributed by atoms with Gasteiger partial charge in [0.15, 0.2) is 0 Å². The minimum atomic E-state index is -0.369. The Morgan fingerprint density at radius 3 is 2.41 bits per heavy atom. The van der Waals surface area contributed by atoms with Crippen molar-refractivity contribution in [2.45, 2.75) is 18.1 Å². The van der Waals surface area contributed by atoms with Gasteiger partial charge in [0.1, 0.15) is 6.17 Å². The standard InChI is InChI=1S/C34H31N5/c1-39-19-9-18-38-34(39)27-21-25(30-14-7-8-17-37-30)20-26(22-27)32(35)31(24-11-3-2-4-12-24)29-16-15-23-10-5-6-13-28(23)33(29)36/h2-22,31-32,34H,35-36H2,1H3/t31?,32-,34?/m0/s1. The van der Waals surface area contributed by atoms with Crippen LogP contribution in [0.25, 0.3) is 22.0 Å². The number of hydrogen-bond acceptors (Lipinski definition) is 5. The summed E-state index contributed by atoms with van der Waals surface area (Å²) in [6.45, 7) is 0. The van der Waals surface area contributed by atoms with Crippen LogP contribution in [0.15, 0.2) is 127 Å². The molecule has 0 aliphatic carbocycles. The molecule has 5 heteroatoms. The Morgan fingerprint density at radius 1 is 0.821 bits per heavy atom. The molecule has 3 atom stereocenters. The summed E-state index contributed by atoms with van der Waals surface area (Å²) in [5.41, 5.74) is 21.0. The third-order valence-corrected chi connectivity index (χ3v) is 7.50. The maximum absolute atomic E-state index is 7.25. The quantitative estimate of drug-likeness (QED) is 0.246. The van der Waals surface area contributed by atoms with E-state index in [4.69, 9.17) is 16.5 Å². The fourth-order valence-electron chi connectivity index (χ4n) is 5.53. The predicted octanol–water partition coefficient (Wildman–Crippen LogP) is 6.84. The number of aromatic nitrogens is 1. The number of nitrogens with zero attached hydrogens (tertiary/aromatic N) is 3. The molecule has 0 saturated carbocycles. The lowest BCUT2D eigenvalue weighted by Gasteiger charge is -2.30. The SMILES string of the molecule is CN1C=CC=NC1c1cc(-c2ccccn2)cc([C@H](N)C(c2ccccc2)c2ccc3ccccc3c2N)c1. The van der Waals surface area contributed by atoms with Gasteiger partial charge in [0.25, 0.3) is 0 Å². The van der Waals surface area contributed by atoms with Gasteiger partial charge >= 0.3 is 0 Å². The summed E-state index contributed by atoms with van der Waals surface area (Å²) in [5, 5.41) is 2.15. The fourth-order valence-corrected chi connectivity index (χ4v) is 5.53. The van der Waals surface area contributed by atoms with Crippen molar-refractivity contribution in [3.63, 3.8) is 0 Å². The van der Waals surface area contributed by atoms with E-state index in [0.717, 1.165) is 50.0 Å². The first-order valence-electron chi connectivity index (χ1n) is 13.2. The smallest absolute Gasteiger partial charge is 0.146 e. The van der Waals surface area contributed by atoms with Crippen LogP contribution in [-0.2, 0) is 0 Å². The normalized spacial score (nSPS) is 16.4. The van der Waals surface area contributed by atoms with Crippen LogP contribution in [-0.4, -0.2) is 23.1 Å². The van der Waals surface area contributed by atoms with Gasteiger partial charge in [0.2, 0.25) is 0 Å². The Balaban J connectivity index is 1.53. The highest BCUT2D eigenvalue weighted by Crippen LogP contribution is 2.42. The molecule has 1 aliphatic heterocycles. The molecule has 192 valence electrons. The van der Waals surface area contributed by atoms with Crippen molar-refractivity contribution in [3.8, 4) is 11.3 Å². The zero-order valence-electron chi connectivity index (χ0n) is 21.9. The predicted molar refractivity (Wildman–Crippen MR) is 161 cm³/mol. The number of nitrogens with two attached hydrogens (primary N) is 2. The van der Waals surface area contributed by atoms with Gasteiger partial charge in [-0.1, -0.05) is 78.9 Å². The van der Waals surface area contributed by atoms with E-state index in [1.807, 2.05) is 68.1 Å². The van der Waals surface area contributed by atoms with Gasteiger partial charge in [0, 0.05) is 54.3 Å². The average molecular weight is 510 g/mol.